The highest BCUT2D eigenvalue weighted by molar-refractivity contribution is 5.78. The second-order valence-corrected chi connectivity index (χ2v) is 4.69. The molecule has 0 N–H and O–H groups in total. The van der Waals surface area contributed by atoms with Gasteiger partial charge in [-0.3, -0.25) is 9.88 Å². The Labute approximate surface area is 108 Å². The zero-order valence-electron chi connectivity index (χ0n) is 10.8. The fourth-order valence-corrected chi connectivity index (χ4v) is 1.95. The van der Waals surface area contributed by atoms with Crippen molar-refractivity contribution in [2.75, 3.05) is 6.54 Å². The number of nitriles is 1. The van der Waals surface area contributed by atoms with E-state index in [0.717, 1.165) is 23.0 Å². The molecule has 0 aliphatic heterocycles. The van der Waals surface area contributed by atoms with Crippen molar-refractivity contribution in [3.05, 3.63) is 42.1 Å². The highest BCUT2D eigenvalue weighted by Crippen LogP contribution is 2.14. The van der Waals surface area contributed by atoms with E-state index in [1.807, 2.05) is 24.4 Å². The molecular weight excluding hydrogens is 222 g/mol. The topological polar surface area (TPSA) is 39.9 Å². The lowest BCUT2D eigenvalue weighted by atomic mass is 10.1. The van der Waals surface area contributed by atoms with Gasteiger partial charge in [0.15, 0.2) is 0 Å². The summed E-state index contributed by atoms with van der Waals surface area (Å²) in [7, 11) is 0. The van der Waals surface area contributed by atoms with Crippen LogP contribution in [0.25, 0.3) is 10.9 Å². The molecular formula is C15H17N3. The fourth-order valence-electron chi connectivity index (χ4n) is 1.95. The first-order valence-electron chi connectivity index (χ1n) is 6.15. The van der Waals surface area contributed by atoms with Gasteiger partial charge < -0.3 is 0 Å². The molecule has 0 radical (unpaired) electrons. The van der Waals surface area contributed by atoms with Crippen LogP contribution in [-0.2, 0) is 6.54 Å². The molecule has 0 amide bonds. The van der Waals surface area contributed by atoms with Crippen molar-refractivity contribution in [1.29, 1.82) is 5.26 Å². The summed E-state index contributed by atoms with van der Waals surface area (Å²) in [5, 5.41) is 9.98. The fraction of sp³-hybridized carbons (Fsp3) is 0.333. The molecule has 1 heterocycles. The van der Waals surface area contributed by atoms with Crippen LogP contribution in [0.3, 0.4) is 0 Å². The van der Waals surface area contributed by atoms with Crippen LogP contribution in [0.4, 0.5) is 0 Å². The van der Waals surface area contributed by atoms with Gasteiger partial charge in [0.1, 0.15) is 0 Å². The SMILES string of the molecule is CC(C)N(CC#N)Cc1cnc2ccccc2c1. The van der Waals surface area contributed by atoms with Gasteiger partial charge >= 0.3 is 0 Å². The average molecular weight is 239 g/mol. The first-order chi connectivity index (χ1) is 8.70. The lowest BCUT2D eigenvalue weighted by Crippen LogP contribution is -2.30. The Morgan fingerprint density at radius 1 is 1.33 bits per heavy atom. The summed E-state index contributed by atoms with van der Waals surface area (Å²) in [6, 6.07) is 12.8. The molecule has 1 aromatic carbocycles. The number of para-hydroxylation sites is 1. The van der Waals surface area contributed by atoms with Gasteiger partial charge in [0.2, 0.25) is 0 Å². The van der Waals surface area contributed by atoms with E-state index in [1.54, 1.807) is 0 Å². The Balaban J connectivity index is 2.23. The van der Waals surface area contributed by atoms with E-state index in [2.05, 4.69) is 41.9 Å². The van der Waals surface area contributed by atoms with Crippen LogP contribution in [-0.4, -0.2) is 22.5 Å². The van der Waals surface area contributed by atoms with E-state index in [1.165, 1.54) is 0 Å². The predicted octanol–water partition coefficient (Wildman–Crippen LogP) is 2.97. The smallest absolute Gasteiger partial charge is 0.0871 e. The maximum Gasteiger partial charge on any atom is 0.0871 e. The Hall–Kier alpha value is -1.92. The largest absolute Gasteiger partial charge is 0.284 e. The van der Waals surface area contributed by atoms with Crippen LogP contribution in [0.15, 0.2) is 36.5 Å². The number of pyridine rings is 1. The molecule has 0 spiro atoms. The molecule has 3 heteroatoms. The van der Waals surface area contributed by atoms with Crippen LogP contribution in [0, 0.1) is 11.3 Å². The van der Waals surface area contributed by atoms with Crippen molar-refractivity contribution in [2.45, 2.75) is 26.4 Å². The minimum atomic E-state index is 0.358. The second-order valence-electron chi connectivity index (χ2n) is 4.69. The van der Waals surface area contributed by atoms with Crippen molar-refractivity contribution in [3.63, 3.8) is 0 Å². The molecule has 18 heavy (non-hydrogen) atoms. The van der Waals surface area contributed by atoms with Gasteiger partial charge in [0.05, 0.1) is 18.1 Å². The lowest BCUT2D eigenvalue weighted by Gasteiger charge is -2.23. The van der Waals surface area contributed by atoms with Gasteiger partial charge in [-0.25, -0.2) is 0 Å². The molecule has 0 saturated heterocycles. The van der Waals surface area contributed by atoms with Crippen molar-refractivity contribution in [3.8, 4) is 6.07 Å². The molecule has 0 aliphatic carbocycles. The lowest BCUT2D eigenvalue weighted by molar-refractivity contribution is 0.240. The van der Waals surface area contributed by atoms with Gasteiger partial charge in [0, 0.05) is 24.2 Å². The summed E-state index contributed by atoms with van der Waals surface area (Å²) in [4.78, 5) is 6.57. The third-order valence-electron chi connectivity index (χ3n) is 3.04. The molecule has 0 atom stereocenters. The van der Waals surface area contributed by atoms with Crippen molar-refractivity contribution in [2.24, 2.45) is 0 Å². The Kier molecular flexibility index (Phi) is 3.91. The first kappa shape index (κ1) is 12.5. The molecule has 1 aromatic heterocycles. The van der Waals surface area contributed by atoms with E-state index < -0.39 is 0 Å². The minimum absolute atomic E-state index is 0.358. The summed E-state index contributed by atoms with van der Waals surface area (Å²) >= 11 is 0. The van der Waals surface area contributed by atoms with Crippen molar-refractivity contribution >= 4 is 10.9 Å². The van der Waals surface area contributed by atoms with Crippen LogP contribution in [0.2, 0.25) is 0 Å². The number of hydrogen-bond donors (Lipinski definition) is 0. The summed E-state index contributed by atoms with van der Waals surface area (Å²) in [6.07, 6.45) is 1.90. The number of nitrogens with zero attached hydrogens (tertiary/aromatic N) is 3. The zero-order valence-corrected chi connectivity index (χ0v) is 10.8. The molecule has 0 unspecified atom stereocenters. The summed E-state index contributed by atoms with van der Waals surface area (Å²) in [6.45, 7) is 5.42. The molecule has 0 bridgehead atoms. The normalized spacial score (nSPS) is 11.1. The monoisotopic (exact) mass is 239 g/mol. The van der Waals surface area contributed by atoms with Crippen molar-refractivity contribution in [1.82, 2.24) is 9.88 Å². The highest BCUT2D eigenvalue weighted by Gasteiger charge is 2.09. The number of aromatic nitrogens is 1. The minimum Gasteiger partial charge on any atom is -0.284 e. The first-order valence-corrected chi connectivity index (χ1v) is 6.15. The van der Waals surface area contributed by atoms with Gasteiger partial charge in [0.25, 0.3) is 0 Å². The van der Waals surface area contributed by atoms with E-state index in [-0.39, 0.29) is 0 Å². The van der Waals surface area contributed by atoms with Crippen LogP contribution in [0.1, 0.15) is 19.4 Å². The molecule has 2 rings (SSSR count). The van der Waals surface area contributed by atoms with Crippen LogP contribution >= 0.6 is 0 Å². The quantitative estimate of drug-likeness (QED) is 0.770. The molecule has 92 valence electrons. The molecule has 0 saturated carbocycles. The number of rotatable bonds is 4. The molecule has 2 aromatic rings. The van der Waals surface area contributed by atoms with E-state index in [4.69, 9.17) is 5.26 Å². The third kappa shape index (κ3) is 2.85. The molecule has 0 aliphatic rings. The number of fused-ring (bicyclic) bond motifs is 1. The van der Waals surface area contributed by atoms with Crippen LogP contribution in [0.5, 0.6) is 0 Å². The molecule has 0 fully saturated rings. The maximum atomic E-state index is 8.83. The van der Waals surface area contributed by atoms with Gasteiger partial charge in [-0.1, -0.05) is 18.2 Å². The Morgan fingerprint density at radius 2 is 2.11 bits per heavy atom. The predicted molar refractivity (Wildman–Crippen MR) is 72.9 cm³/mol. The highest BCUT2D eigenvalue weighted by atomic mass is 15.1. The van der Waals surface area contributed by atoms with Crippen molar-refractivity contribution < 1.29 is 0 Å². The van der Waals surface area contributed by atoms with E-state index in [9.17, 15) is 0 Å². The van der Waals surface area contributed by atoms with Gasteiger partial charge in [-0.2, -0.15) is 5.26 Å². The molecule has 3 nitrogen and oxygen atoms in total. The summed E-state index contributed by atoms with van der Waals surface area (Å²) < 4.78 is 0. The standard InChI is InChI=1S/C15H17N3/c1-12(2)18(8-7-16)11-13-9-14-5-3-4-6-15(14)17-10-13/h3-6,9-10,12H,8,11H2,1-2H3. The van der Waals surface area contributed by atoms with E-state index in [0.29, 0.717) is 12.6 Å². The van der Waals surface area contributed by atoms with Crippen LogP contribution < -0.4 is 0 Å². The average Bonchev–Trinajstić information content (AvgIpc) is 2.38. The van der Waals surface area contributed by atoms with Gasteiger partial charge in [-0.15, -0.1) is 0 Å². The van der Waals surface area contributed by atoms with Gasteiger partial charge in [-0.05, 0) is 31.5 Å². The Bertz CT molecular complexity index is 569. The number of benzene rings is 1. The summed E-state index contributed by atoms with van der Waals surface area (Å²) in [5.74, 6) is 0. The summed E-state index contributed by atoms with van der Waals surface area (Å²) in [5.41, 5.74) is 2.16. The van der Waals surface area contributed by atoms with E-state index >= 15 is 0 Å². The third-order valence-corrected chi connectivity index (χ3v) is 3.04. The number of hydrogen-bond acceptors (Lipinski definition) is 3. The second kappa shape index (κ2) is 5.61. The maximum absolute atomic E-state index is 8.83. The Morgan fingerprint density at radius 3 is 2.83 bits per heavy atom. The zero-order chi connectivity index (χ0) is 13.0.